The van der Waals surface area contributed by atoms with Crippen LogP contribution in [0.2, 0.25) is 0 Å². The van der Waals surface area contributed by atoms with Gasteiger partial charge in [-0.15, -0.1) is 0 Å². The third-order valence-electron chi connectivity index (χ3n) is 2.96. The molecular weight excluding hydrogens is 315 g/mol. The molecule has 0 saturated carbocycles. The smallest absolute Gasteiger partial charge is 0.376 e. The largest absolute Gasteiger partial charge is 0.433 e. The van der Waals surface area contributed by atoms with Crippen LogP contribution in [0.5, 0.6) is 0 Å². The van der Waals surface area contributed by atoms with Crippen molar-refractivity contribution in [1.29, 1.82) is 0 Å². The highest BCUT2D eigenvalue weighted by atomic mass is 32.2. The van der Waals surface area contributed by atoms with Crippen molar-refractivity contribution in [2.75, 3.05) is 16.8 Å². The van der Waals surface area contributed by atoms with E-state index in [-0.39, 0.29) is 23.6 Å². The molecule has 21 heavy (non-hydrogen) atoms. The third-order valence-corrected chi connectivity index (χ3v) is 4.73. The van der Waals surface area contributed by atoms with Crippen LogP contribution in [0.25, 0.3) is 0 Å². The zero-order chi connectivity index (χ0) is 15.8. The molecule has 0 bridgehead atoms. The Morgan fingerprint density at radius 2 is 2.10 bits per heavy atom. The first-order chi connectivity index (χ1) is 9.58. The minimum Gasteiger partial charge on any atom is -0.376 e. The number of nitro groups is 1. The van der Waals surface area contributed by atoms with Crippen LogP contribution in [0.4, 0.5) is 24.5 Å². The van der Waals surface area contributed by atoms with Gasteiger partial charge in [0.05, 0.1) is 16.4 Å². The fourth-order valence-corrected chi connectivity index (χ4v) is 3.67. The zero-order valence-electron chi connectivity index (χ0n) is 10.4. The molecule has 11 heteroatoms. The Labute approximate surface area is 117 Å². The molecule has 7 nitrogen and oxygen atoms in total. The summed E-state index contributed by atoms with van der Waals surface area (Å²) >= 11 is 0. The topological polar surface area (TPSA) is 102 Å². The molecule has 0 aliphatic carbocycles. The van der Waals surface area contributed by atoms with Gasteiger partial charge in [-0.3, -0.25) is 10.1 Å². The first-order valence-electron chi connectivity index (χ1n) is 5.77. The number of sulfone groups is 1. The number of pyridine rings is 1. The van der Waals surface area contributed by atoms with Gasteiger partial charge in [0, 0.05) is 6.04 Å². The lowest BCUT2D eigenvalue weighted by molar-refractivity contribution is -0.384. The van der Waals surface area contributed by atoms with Gasteiger partial charge in [0.25, 0.3) is 0 Å². The van der Waals surface area contributed by atoms with Crippen LogP contribution in [0.15, 0.2) is 12.3 Å². The van der Waals surface area contributed by atoms with Crippen molar-refractivity contribution in [1.82, 2.24) is 4.98 Å². The molecule has 2 heterocycles. The highest BCUT2D eigenvalue weighted by Gasteiger charge is 2.35. The summed E-state index contributed by atoms with van der Waals surface area (Å²) in [7, 11) is -3.26. The number of hydrogen-bond donors (Lipinski definition) is 1. The Hall–Kier alpha value is -1.91. The fraction of sp³-hybridized carbons (Fsp3) is 0.500. The van der Waals surface area contributed by atoms with Gasteiger partial charge < -0.3 is 5.32 Å². The second-order valence-electron chi connectivity index (χ2n) is 4.59. The molecule has 1 saturated heterocycles. The molecule has 0 spiro atoms. The van der Waals surface area contributed by atoms with E-state index in [9.17, 15) is 31.7 Å². The highest BCUT2D eigenvalue weighted by Crippen LogP contribution is 2.33. The summed E-state index contributed by atoms with van der Waals surface area (Å²) in [5.41, 5.74) is -2.30. The predicted octanol–water partition coefficient (Wildman–Crippen LogP) is 1.61. The van der Waals surface area contributed by atoms with Gasteiger partial charge >= 0.3 is 11.9 Å². The maximum absolute atomic E-state index is 12.6. The summed E-state index contributed by atoms with van der Waals surface area (Å²) in [6, 6.07) is -0.138. The molecule has 1 aliphatic heterocycles. The predicted molar refractivity (Wildman–Crippen MR) is 66.6 cm³/mol. The Morgan fingerprint density at radius 3 is 2.57 bits per heavy atom. The molecule has 1 aliphatic rings. The van der Waals surface area contributed by atoms with Crippen molar-refractivity contribution in [2.45, 2.75) is 18.6 Å². The Balaban J connectivity index is 2.33. The minimum absolute atomic E-state index is 0.102. The van der Waals surface area contributed by atoms with E-state index < -0.39 is 38.4 Å². The van der Waals surface area contributed by atoms with E-state index in [1.165, 1.54) is 0 Å². The van der Waals surface area contributed by atoms with Gasteiger partial charge in [-0.2, -0.15) is 13.2 Å². The van der Waals surface area contributed by atoms with Gasteiger partial charge in [-0.25, -0.2) is 13.4 Å². The number of nitrogens with zero attached hydrogens (tertiary/aromatic N) is 2. The van der Waals surface area contributed by atoms with Gasteiger partial charge in [-0.1, -0.05) is 0 Å². The molecular formula is C10H10F3N3O4S. The van der Waals surface area contributed by atoms with Crippen LogP contribution in [0, 0.1) is 10.1 Å². The van der Waals surface area contributed by atoms with E-state index in [0.29, 0.717) is 12.3 Å². The number of rotatable bonds is 3. The Kier molecular flexibility index (Phi) is 3.78. The molecule has 1 fully saturated rings. The van der Waals surface area contributed by atoms with Gasteiger partial charge in [-0.05, 0) is 12.5 Å². The van der Waals surface area contributed by atoms with Crippen LogP contribution in [-0.2, 0) is 16.0 Å². The summed E-state index contributed by atoms with van der Waals surface area (Å²) in [6.07, 6.45) is -4.05. The van der Waals surface area contributed by atoms with Crippen LogP contribution in [-0.4, -0.2) is 35.9 Å². The third kappa shape index (κ3) is 3.60. The second-order valence-corrected chi connectivity index (χ2v) is 6.81. The number of hydrogen-bond acceptors (Lipinski definition) is 6. The lowest BCUT2D eigenvalue weighted by atomic mass is 10.2. The van der Waals surface area contributed by atoms with Crippen molar-refractivity contribution in [2.24, 2.45) is 0 Å². The van der Waals surface area contributed by atoms with Gasteiger partial charge in [0.1, 0.15) is 17.6 Å². The van der Waals surface area contributed by atoms with E-state index in [2.05, 4.69) is 10.3 Å². The van der Waals surface area contributed by atoms with Crippen LogP contribution in [0.1, 0.15) is 12.1 Å². The van der Waals surface area contributed by atoms with Crippen LogP contribution >= 0.6 is 0 Å². The van der Waals surface area contributed by atoms with E-state index >= 15 is 0 Å². The zero-order valence-corrected chi connectivity index (χ0v) is 11.2. The van der Waals surface area contributed by atoms with Crippen molar-refractivity contribution < 1.29 is 26.5 Å². The van der Waals surface area contributed by atoms with Crippen molar-refractivity contribution >= 4 is 21.2 Å². The summed E-state index contributed by atoms with van der Waals surface area (Å²) in [5.74, 6) is -0.372. The molecule has 1 aromatic rings. The molecule has 1 N–H and O–H groups in total. The molecule has 1 atom stereocenters. The molecule has 116 valence electrons. The van der Waals surface area contributed by atoms with Crippen LogP contribution < -0.4 is 5.32 Å². The second kappa shape index (κ2) is 5.13. The lowest BCUT2D eigenvalue weighted by Gasteiger charge is -2.14. The summed E-state index contributed by atoms with van der Waals surface area (Å²) < 4.78 is 60.4. The Bertz CT molecular complexity index is 675. The molecule has 0 aromatic carbocycles. The molecule has 1 unspecified atom stereocenters. The van der Waals surface area contributed by atoms with Crippen LogP contribution in [0.3, 0.4) is 0 Å². The normalized spacial score (nSPS) is 21.2. The van der Waals surface area contributed by atoms with E-state index in [0.717, 1.165) is 0 Å². The average molecular weight is 325 g/mol. The van der Waals surface area contributed by atoms with Crippen molar-refractivity contribution in [3.05, 3.63) is 28.1 Å². The number of alkyl halides is 3. The monoisotopic (exact) mass is 325 g/mol. The highest BCUT2D eigenvalue weighted by molar-refractivity contribution is 7.91. The first-order valence-corrected chi connectivity index (χ1v) is 7.59. The van der Waals surface area contributed by atoms with Crippen molar-refractivity contribution in [3.63, 3.8) is 0 Å². The number of nitrogens with one attached hydrogen (secondary N) is 1. The van der Waals surface area contributed by atoms with E-state index in [1.807, 2.05) is 0 Å². The molecule has 0 amide bonds. The minimum atomic E-state index is -4.74. The van der Waals surface area contributed by atoms with Gasteiger partial charge in [0.15, 0.2) is 9.84 Å². The summed E-state index contributed by atoms with van der Waals surface area (Å²) in [4.78, 5) is 12.9. The average Bonchev–Trinajstić information content (AvgIpc) is 2.67. The number of anilines is 1. The molecule has 1 aromatic heterocycles. The quantitative estimate of drug-likeness (QED) is 0.669. The standard InChI is InChI=1S/C10H10F3N3O4S/c11-10(12,13)9-3-7(8(4-14-9)16(17)18)15-6-1-2-21(19,20)5-6/h3-4,6H,1-2,5H2,(H,14,15). The van der Waals surface area contributed by atoms with Gasteiger partial charge in [0.2, 0.25) is 0 Å². The van der Waals surface area contributed by atoms with Crippen molar-refractivity contribution in [3.8, 4) is 0 Å². The molecule has 2 rings (SSSR count). The number of aromatic nitrogens is 1. The number of halogens is 3. The fourth-order valence-electron chi connectivity index (χ4n) is 1.99. The SMILES string of the molecule is O=[N+]([O-])c1cnc(C(F)(F)F)cc1NC1CCS(=O)(=O)C1. The summed E-state index contributed by atoms with van der Waals surface area (Å²) in [5, 5.41) is 13.3. The first kappa shape index (κ1) is 15.5. The lowest BCUT2D eigenvalue weighted by Crippen LogP contribution is -2.22. The summed E-state index contributed by atoms with van der Waals surface area (Å²) in [6.45, 7) is 0. The van der Waals surface area contributed by atoms with E-state index in [1.54, 1.807) is 0 Å². The molecule has 0 radical (unpaired) electrons. The Morgan fingerprint density at radius 1 is 1.43 bits per heavy atom. The van der Waals surface area contributed by atoms with E-state index in [4.69, 9.17) is 0 Å². The maximum Gasteiger partial charge on any atom is 0.433 e. The maximum atomic E-state index is 12.6.